The van der Waals surface area contributed by atoms with Gasteiger partial charge in [0.15, 0.2) is 0 Å². The summed E-state index contributed by atoms with van der Waals surface area (Å²) in [6, 6.07) is 13.9. The van der Waals surface area contributed by atoms with E-state index in [2.05, 4.69) is 50.4 Å². The lowest BCUT2D eigenvalue weighted by atomic mass is 9.94. The summed E-state index contributed by atoms with van der Waals surface area (Å²) in [5.74, 6) is 0.529. The zero-order valence-corrected chi connectivity index (χ0v) is 16.4. The van der Waals surface area contributed by atoms with Crippen molar-refractivity contribution in [2.75, 3.05) is 0 Å². The quantitative estimate of drug-likeness (QED) is 0.613. The summed E-state index contributed by atoms with van der Waals surface area (Å²) in [6.07, 6.45) is 1.03. The van der Waals surface area contributed by atoms with Crippen LogP contribution in [0.25, 0.3) is 11.0 Å². The number of rotatable bonds is 6. The predicted molar refractivity (Wildman–Crippen MR) is 109 cm³/mol. The fraction of sp³-hybridized carbons (Fsp3) is 0.348. The third-order valence-electron chi connectivity index (χ3n) is 5.14. The molecule has 3 aromatic rings. The third kappa shape index (κ3) is 4.06. The highest BCUT2D eigenvalue weighted by molar-refractivity contribution is 5.84. The molecule has 142 valence electrons. The Morgan fingerprint density at radius 3 is 2.44 bits per heavy atom. The Hall–Kier alpha value is -2.59. The summed E-state index contributed by atoms with van der Waals surface area (Å²) in [6.45, 7) is 8.82. The van der Waals surface area contributed by atoms with Crippen LogP contribution in [0.15, 0.2) is 51.7 Å². The number of phenolic OH excluding ortho intramolecular Hbond substituents is 1. The molecule has 0 aliphatic carbocycles. The molecule has 27 heavy (non-hydrogen) atoms. The Morgan fingerprint density at radius 1 is 1.11 bits per heavy atom. The molecule has 0 fully saturated rings. The Labute approximate surface area is 159 Å². The molecule has 1 aromatic heterocycles. The zero-order chi connectivity index (χ0) is 19.6. The Bertz CT molecular complexity index is 987. The van der Waals surface area contributed by atoms with Gasteiger partial charge in [0.2, 0.25) is 0 Å². The van der Waals surface area contributed by atoms with Crippen LogP contribution in [0.2, 0.25) is 0 Å². The number of hydrogen-bond acceptors (Lipinski definition) is 4. The van der Waals surface area contributed by atoms with Gasteiger partial charge in [-0.3, -0.25) is 0 Å². The van der Waals surface area contributed by atoms with Gasteiger partial charge in [0.1, 0.15) is 11.3 Å². The van der Waals surface area contributed by atoms with Crippen LogP contribution in [-0.4, -0.2) is 5.11 Å². The molecule has 4 heteroatoms. The second-order valence-corrected chi connectivity index (χ2v) is 7.37. The molecule has 2 N–H and O–H groups in total. The molecule has 3 rings (SSSR count). The van der Waals surface area contributed by atoms with Crippen molar-refractivity contribution in [2.24, 2.45) is 5.92 Å². The van der Waals surface area contributed by atoms with Crippen LogP contribution < -0.4 is 10.9 Å². The number of phenols is 1. The van der Waals surface area contributed by atoms with Crippen molar-refractivity contribution in [2.45, 2.75) is 46.7 Å². The molecular weight excluding hydrogens is 338 g/mol. The minimum absolute atomic E-state index is 0.131. The summed E-state index contributed by atoms with van der Waals surface area (Å²) < 4.78 is 5.34. The SMILES string of the molecule is CCc1ccc([C@@H](NCc2cc(=O)oc3c(C)c(O)ccc23)C(C)C)cc1. The summed E-state index contributed by atoms with van der Waals surface area (Å²) in [5.41, 5.74) is 4.07. The van der Waals surface area contributed by atoms with Crippen LogP contribution in [0.3, 0.4) is 0 Å². The number of hydrogen-bond donors (Lipinski definition) is 2. The highest BCUT2D eigenvalue weighted by Crippen LogP contribution is 2.28. The van der Waals surface area contributed by atoms with E-state index in [1.165, 1.54) is 17.2 Å². The average Bonchev–Trinajstić information content (AvgIpc) is 2.65. The molecule has 0 saturated heterocycles. The number of aryl methyl sites for hydroxylation is 2. The molecule has 0 radical (unpaired) electrons. The van der Waals surface area contributed by atoms with Crippen LogP contribution in [0.4, 0.5) is 0 Å². The van der Waals surface area contributed by atoms with Crippen molar-refractivity contribution in [3.8, 4) is 5.75 Å². The van der Waals surface area contributed by atoms with Gasteiger partial charge >= 0.3 is 5.63 Å². The van der Waals surface area contributed by atoms with Gasteiger partial charge in [-0.1, -0.05) is 45.0 Å². The maximum atomic E-state index is 12.0. The van der Waals surface area contributed by atoms with Crippen molar-refractivity contribution in [3.05, 3.63) is 75.1 Å². The molecule has 1 heterocycles. The maximum absolute atomic E-state index is 12.0. The second-order valence-electron chi connectivity index (χ2n) is 7.37. The van der Waals surface area contributed by atoms with Crippen LogP contribution in [0, 0.1) is 12.8 Å². The normalized spacial score (nSPS) is 12.6. The van der Waals surface area contributed by atoms with Crippen LogP contribution in [0.1, 0.15) is 49.1 Å². The van der Waals surface area contributed by atoms with Gasteiger partial charge in [0.05, 0.1) is 0 Å². The van der Waals surface area contributed by atoms with Crippen LogP contribution in [0.5, 0.6) is 5.75 Å². The summed E-state index contributed by atoms with van der Waals surface area (Å²) in [4.78, 5) is 12.0. The van der Waals surface area contributed by atoms with Crippen molar-refractivity contribution in [1.82, 2.24) is 5.32 Å². The lowest BCUT2D eigenvalue weighted by Crippen LogP contribution is -2.26. The van der Waals surface area contributed by atoms with Gasteiger partial charge in [0, 0.05) is 29.6 Å². The minimum atomic E-state index is -0.401. The van der Waals surface area contributed by atoms with E-state index in [0.29, 0.717) is 23.6 Å². The Kier molecular flexibility index (Phi) is 5.66. The second kappa shape index (κ2) is 7.97. The lowest BCUT2D eigenvalue weighted by Gasteiger charge is -2.23. The molecule has 0 aliphatic heterocycles. The summed E-state index contributed by atoms with van der Waals surface area (Å²) in [5, 5.41) is 14.4. The van der Waals surface area contributed by atoms with Crippen LogP contribution in [-0.2, 0) is 13.0 Å². The molecule has 0 spiro atoms. The number of aromatic hydroxyl groups is 1. The maximum Gasteiger partial charge on any atom is 0.336 e. The van der Waals surface area contributed by atoms with E-state index in [0.717, 1.165) is 17.4 Å². The Morgan fingerprint density at radius 2 is 1.81 bits per heavy atom. The molecule has 0 saturated carbocycles. The van der Waals surface area contributed by atoms with Crippen molar-refractivity contribution < 1.29 is 9.52 Å². The third-order valence-corrected chi connectivity index (χ3v) is 5.14. The fourth-order valence-corrected chi connectivity index (χ4v) is 3.48. The van der Waals surface area contributed by atoms with E-state index < -0.39 is 5.63 Å². The number of benzene rings is 2. The fourth-order valence-electron chi connectivity index (χ4n) is 3.48. The van der Waals surface area contributed by atoms with Crippen molar-refractivity contribution in [3.63, 3.8) is 0 Å². The molecule has 0 unspecified atom stereocenters. The van der Waals surface area contributed by atoms with E-state index in [9.17, 15) is 9.90 Å². The topological polar surface area (TPSA) is 62.5 Å². The van der Waals surface area contributed by atoms with Gasteiger partial charge in [-0.25, -0.2) is 4.79 Å². The minimum Gasteiger partial charge on any atom is -0.508 e. The molecule has 1 atom stereocenters. The number of nitrogens with one attached hydrogen (secondary N) is 1. The first kappa shape index (κ1) is 19.2. The first-order chi connectivity index (χ1) is 12.9. The van der Waals surface area contributed by atoms with Crippen molar-refractivity contribution in [1.29, 1.82) is 0 Å². The van der Waals surface area contributed by atoms with Gasteiger partial charge in [-0.15, -0.1) is 0 Å². The van der Waals surface area contributed by atoms with E-state index in [4.69, 9.17) is 4.42 Å². The molecule has 0 amide bonds. The molecule has 0 bridgehead atoms. The average molecular weight is 365 g/mol. The first-order valence-electron chi connectivity index (χ1n) is 9.48. The van der Waals surface area contributed by atoms with Crippen molar-refractivity contribution >= 4 is 11.0 Å². The predicted octanol–water partition coefficient (Wildman–Crippen LogP) is 4.86. The molecule has 2 aromatic carbocycles. The summed E-state index contributed by atoms with van der Waals surface area (Å²) in [7, 11) is 0. The van der Waals surface area contributed by atoms with Gasteiger partial charge < -0.3 is 14.8 Å². The van der Waals surface area contributed by atoms with Gasteiger partial charge in [-0.05, 0) is 48.1 Å². The molecule has 0 aliphatic rings. The van der Waals surface area contributed by atoms with E-state index in [1.54, 1.807) is 19.1 Å². The molecular formula is C23H27NO3. The van der Waals surface area contributed by atoms with E-state index in [1.807, 2.05) is 0 Å². The first-order valence-corrected chi connectivity index (χ1v) is 9.48. The highest BCUT2D eigenvalue weighted by Gasteiger charge is 2.17. The van der Waals surface area contributed by atoms with E-state index >= 15 is 0 Å². The van der Waals surface area contributed by atoms with Gasteiger partial charge in [-0.2, -0.15) is 0 Å². The summed E-state index contributed by atoms with van der Waals surface area (Å²) >= 11 is 0. The zero-order valence-electron chi connectivity index (χ0n) is 16.4. The van der Waals surface area contributed by atoms with Gasteiger partial charge in [0.25, 0.3) is 0 Å². The highest BCUT2D eigenvalue weighted by atomic mass is 16.4. The lowest BCUT2D eigenvalue weighted by molar-refractivity contribution is 0.410. The van der Waals surface area contributed by atoms with E-state index in [-0.39, 0.29) is 11.8 Å². The smallest absolute Gasteiger partial charge is 0.336 e. The van der Waals surface area contributed by atoms with Crippen LogP contribution >= 0.6 is 0 Å². The number of fused-ring (bicyclic) bond motifs is 1. The molecule has 4 nitrogen and oxygen atoms in total. The Balaban J connectivity index is 1.91. The largest absolute Gasteiger partial charge is 0.508 e. The standard InChI is InChI=1S/C23H27NO3/c1-5-16-6-8-17(9-7-16)22(14(2)3)24-13-18-12-21(26)27-23-15(4)20(25)11-10-19(18)23/h6-12,14,22,24-25H,5,13H2,1-4H3/t22-/m0/s1. The monoisotopic (exact) mass is 365 g/mol.